The van der Waals surface area contributed by atoms with Gasteiger partial charge in [0.1, 0.15) is 0 Å². The molecular formula is H5O6S2-. The van der Waals surface area contributed by atoms with Crippen molar-refractivity contribution >= 4 is 26.0 Å². The lowest BCUT2D eigenvalue weighted by atomic mass is 14.6. The van der Waals surface area contributed by atoms with Crippen LogP contribution in [0.1, 0.15) is 0 Å². The first kappa shape index (κ1) is 24.2. The third kappa shape index (κ3) is 5710. The van der Waals surface area contributed by atoms with Crippen molar-refractivity contribution in [2.75, 3.05) is 0 Å². The molecule has 3 N–H and O–H groups in total. The molecule has 0 saturated heterocycles. The fourth-order valence-corrected chi connectivity index (χ4v) is 0. The smallest absolute Gasteiger partial charge is 0.197 e. The predicted molar refractivity (Wildman–Crippen MR) is 27.5 cm³/mol. The third-order valence-corrected chi connectivity index (χ3v) is 0. The van der Waals surface area contributed by atoms with Crippen molar-refractivity contribution in [1.29, 1.82) is 0 Å². The van der Waals surface area contributed by atoms with E-state index >= 15 is 0 Å². The second-order valence-electron chi connectivity index (χ2n) is 0.0816. The maximum absolute atomic E-state index is 7.83. The Kier molecular flexibility index (Phi) is 602. The maximum Gasteiger partial charge on any atom is 0.197 e. The van der Waals surface area contributed by atoms with Crippen molar-refractivity contribution in [2.24, 2.45) is 0 Å². The van der Waals surface area contributed by atoms with E-state index in [0.29, 0.717) is 0 Å². The minimum atomic E-state index is 0. The van der Waals surface area contributed by atoms with Gasteiger partial charge >= 0.3 is 0 Å². The van der Waals surface area contributed by atoms with Crippen LogP contribution in [0.25, 0.3) is 0 Å². The van der Waals surface area contributed by atoms with Crippen LogP contribution in [0.15, 0.2) is 0 Å². The second kappa shape index (κ2) is 199. The summed E-state index contributed by atoms with van der Waals surface area (Å²) < 4.78 is 7.83. The molecule has 0 aromatic carbocycles. The van der Waals surface area contributed by atoms with Crippen LogP contribution in [0.3, 0.4) is 0 Å². The monoisotopic (exact) mass is 165 g/mol. The molecule has 0 heterocycles. The summed E-state index contributed by atoms with van der Waals surface area (Å²) in [5.41, 5.74) is 0. The molecule has 8 heavy (non-hydrogen) atoms. The standard InChI is InChI=1S/H2O3.H2O2.OS.H2S/c1-3-2;2*1-2;/h1-2H;1-2H;;1H2/p-1. The average Bonchev–Trinajstić information content (AvgIpc) is 1.78. The first-order chi connectivity index (χ1) is 3.41. The summed E-state index contributed by atoms with van der Waals surface area (Å²) in [6.07, 6.45) is 0. The fraction of sp³-hybridized carbons (Fsp3) is 0. The topological polar surface area (TPSA) is 110 Å². The number of hydrogen-bond donors (Lipinski definition) is 3. The average molecular weight is 165 g/mol. The van der Waals surface area contributed by atoms with Crippen LogP contribution >= 0.6 is 13.5 Å². The van der Waals surface area contributed by atoms with Gasteiger partial charge < -0.3 is 10.5 Å². The molecule has 0 aromatic heterocycles. The maximum atomic E-state index is 7.83. The summed E-state index contributed by atoms with van der Waals surface area (Å²) in [7, 11) is 0. The summed E-state index contributed by atoms with van der Waals surface area (Å²) in [5, 5.41) is 28.5. The zero-order valence-corrected chi connectivity index (χ0v) is 5.29. The van der Waals surface area contributed by atoms with E-state index in [1.54, 1.807) is 0 Å². The van der Waals surface area contributed by atoms with Crippen LogP contribution < -0.4 is 5.26 Å². The van der Waals surface area contributed by atoms with Gasteiger partial charge in [-0.15, -0.1) is 0 Å². The van der Waals surface area contributed by atoms with Gasteiger partial charge in [0.2, 0.25) is 0 Å². The van der Waals surface area contributed by atoms with Crippen LogP contribution in [0.5, 0.6) is 0 Å². The van der Waals surface area contributed by atoms with Crippen molar-refractivity contribution < 1.29 is 30.3 Å². The van der Waals surface area contributed by atoms with E-state index in [9.17, 15) is 0 Å². The van der Waals surface area contributed by atoms with E-state index < -0.39 is 0 Å². The lowest BCUT2D eigenvalue weighted by molar-refractivity contribution is -0.670. The molecule has 0 saturated carbocycles. The van der Waals surface area contributed by atoms with Crippen LogP contribution in [0.2, 0.25) is 0 Å². The molecule has 6 nitrogen and oxygen atoms in total. The van der Waals surface area contributed by atoms with E-state index in [1.165, 1.54) is 0 Å². The first-order valence-corrected chi connectivity index (χ1v) is 1.05. The largest absolute Gasteiger partial charge is 0.727 e. The van der Waals surface area contributed by atoms with Gasteiger partial charge in [0, 0.05) is 0 Å². The second-order valence-corrected chi connectivity index (χ2v) is 0.0816. The molecule has 0 radical (unpaired) electrons. The van der Waals surface area contributed by atoms with Crippen LogP contribution in [-0.2, 0) is 17.6 Å². The SMILES string of the molecule is O=S.OOO.S.[O-]O. The third-order valence-electron chi connectivity index (χ3n) is 0. The van der Waals surface area contributed by atoms with Crippen molar-refractivity contribution in [3.8, 4) is 0 Å². The molecule has 0 atom stereocenters. The minimum absolute atomic E-state index is 0. The Morgan fingerprint density at radius 2 is 1.25 bits per heavy atom. The van der Waals surface area contributed by atoms with Gasteiger partial charge in [-0.1, -0.05) is 5.04 Å². The highest BCUT2D eigenvalue weighted by molar-refractivity contribution is 7.59. The van der Waals surface area contributed by atoms with Crippen LogP contribution in [-0.4, -0.2) is 20.0 Å². The highest BCUT2D eigenvalue weighted by atomic mass is 32.1. The molecule has 0 aliphatic rings. The highest BCUT2D eigenvalue weighted by Crippen LogP contribution is 1.24. The van der Waals surface area contributed by atoms with E-state index in [2.05, 4.69) is 17.6 Å². The molecule has 8 heteroatoms. The van der Waals surface area contributed by atoms with Gasteiger partial charge in [0.05, 0.1) is 0 Å². The molecule has 0 fully saturated rings. The van der Waals surface area contributed by atoms with Crippen LogP contribution in [0.4, 0.5) is 0 Å². The molecule has 0 bridgehead atoms. The molecule has 0 unspecified atom stereocenters. The zero-order valence-electron chi connectivity index (χ0n) is 3.47. The quantitative estimate of drug-likeness (QED) is 0.297. The number of hydrogen-bond acceptors (Lipinski definition) is 7. The molecule has 0 aliphatic heterocycles. The lowest BCUT2D eigenvalue weighted by Gasteiger charge is -1.61. The molecule has 0 spiro atoms. The first-order valence-electron chi connectivity index (χ1n) is 0.714. The Balaban J connectivity index is -0.0000000147. The van der Waals surface area contributed by atoms with Gasteiger partial charge in [0.25, 0.3) is 0 Å². The van der Waals surface area contributed by atoms with Crippen molar-refractivity contribution in [1.82, 2.24) is 0 Å². The summed E-state index contributed by atoms with van der Waals surface area (Å²) in [6, 6.07) is 0. The molecular weight excluding hydrogens is 160 g/mol. The Labute approximate surface area is 57.1 Å². The van der Waals surface area contributed by atoms with Gasteiger partial charge in [0.15, 0.2) is 12.5 Å². The minimum Gasteiger partial charge on any atom is -0.727 e. The Morgan fingerprint density at radius 3 is 1.25 bits per heavy atom. The molecule has 0 aromatic rings. The summed E-state index contributed by atoms with van der Waals surface area (Å²) >= 11 is 2.83. The van der Waals surface area contributed by atoms with Crippen molar-refractivity contribution in [2.45, 2.75) is 0 Å². The van der Waals surface area contributed by atoms with E-state index in [1.807, 2.05) is 0 Å². The molecule has 54 valence electrons. The van der Waals surface area contributed by atoms with Crippen LogP contribution in [0, 0.1) is 0 Å². The van der Waals surface area contributed by atoms with Crippen molar-refractivity contribution in [3.05, 3.63) is 0 Å². The van der Waals surface area contributed by atoms with Gasteiger partial charge in [-0.3, -0.25) is 0 Å². The highest BCUT2D eigenvalue weighted by Gasteiger charge is 1.27. The van der Waals surface area contributed by atoms with Crippen molar-refractivity contribution in [3.63, 3.8) is 0 Å². The van der Waals surface area contributed by atoms with Gasteiger partial charge in [-0.2, -0.15) is 17.7 Å². The summed E-state index contributed by atoms with van der Waals surface area (Å²) in [4.78, 5) is 0. The molecule has 0 rings (SSSR count). The normalized spacial score (nSPS) is 3.50. The van der Waals surface area contributed by atoms with E-state index in [4.69, 9.17) is 25.2 Å². The summed E-state index contributed by atoms with van der Waals surface area (Å²) in [6.45, 7) is 0. The fourth-order valence-electron chi connectivity index (χ4n) is 0. The Hall–Kier alpha value is 0.170. The van der Waals surface area contributed by atoms with E-state index in [-0.39, 0.29) is 13.5 Å². The Morgan fingerprint density at radius 1 is 1.25 bits per heavy atom. The zero-order chi connectivity index (χ0) is 6.71. The predicted octanol–water partition coefficient (Wildman–Crippen LogP) is -1.45. The van der Waals surface area contributed by atoms with Gasteiger partial charge in [-0.25, -0.2) is 10.5 Å². The Bertz CT molecular complexity index is 10.5. The number of rotatable bonds is 0. The summed E-state index contributed by atoms with van der Waals surface area (Å²) in [5.74, 6) is 0. The molecule has 0 aliphatic carbocycles. The molecule has 0 amide bonds. The van der Waals surface area contributed by atoms with Gasteiger partial charge in [-0.05, 0) is 0 Å². The van der Waals surface area contributed by atoms with E-state index in [0.717, 1.165) is 0 Å². The lowest BCUT2D eigenvalue weighted by Crippen LogP contribution is -1.84.